The van der Waals surface area contributed by atoms with Crippen LogP contribution < -0.4 is 5.32 Å². The Morgan fingerprint density at radius 3 is 2.67 bits per heavy atom. The molecule has 2 N–H and O–H groups in total. The van der Waals surface area contributed by atoms with Gasteiger partial charge in [-0.3, -0.25) is 10.3 Å². The summed E-state index contributed by atoms with van der Waals surface area (Å²) in [5, 5.41) is 15.3. The smallest absolute Gasteiger partial charge is 0.411 e. The quantitative estimate of drug-likeness (QED) is 0.461. The topological polar surface area (TPSA) is 71.5 Å². The van der Waals surface area contributed by atoms with E-state index in [0.717, 1.165) is 27.3 Å². The van der Waals surface area contributed by atoms with Crippen molar-refractivity contribution in [3.05, 3.63) is 58.7 Å². The van der Waals surface area contributed by atoms with Crippen molar-refractivity contribution in [2.24, 2.45) is 0 Å². The third-order valence-corrected chi connectivity index (χ3v) is 5.46. The molecular weight excluding hydrogens is 420 g/mol. The second-order valence-electron chi connectivity index (χ2n) is 8.00. The van der Waals surface area contributed by atoms with E-state index < -0.39 is 11.7 Å². The van der Waals surface area contributed by atoms with Crippen LogP contribution in [0, 0.1) is 0 Å². The van der Waals surface area contributed by atoms with Gasteiger partial charge in [-0.1, -0.05) is 11.6 Å². The Balaban J connectivity index is 1.79. The van der Waals surface area contributed by atoms with E-state index >= 15 is 0 Å². The molecule has 0 atom stereocenters. The lowest BCUT2D eigenvalue weighted by atomic mass is 10.0. The van der Waals surface area contributed by atoms with Gasteiger partial charge in [0.25, 0.3) is 0 Å². The first-order chi connectivity index (χ1) is 14.1. The van der Waals surface area contributed by atoms with E-state index in [1.807, 2.05) is 18.2 Å². The summed E-state index contributed by atoms with van der Waals surface area (Å²) in [4.78, 5) is 17.1. The van der Waals surface area contributed by atoms with Crippen LogP contribution >= 0.6 is 22.9 Å². The van der Waals surface area contributed by atoms with Gasteiger partial charge in [0.2, 0.25) is 0 Å². The van der Waals surface area contributed by atoms with Crippen molar-refractivity contribution in [1.82, 2.24) is 4.98 Å². The number of aromatic nitrogens is 1. The summed E-state index contributed by atoms with van der Waals surface area (Å²) >= 11 is 8.08. The van der Waals surface area contributed by atoms with Gasteiger partial charge in [-0.2, -0.15) is 0 Å². The van der Waals surface area contributed by atoms with E-state index in [9.17, 15) is 9.90 Å². The lowest BCUT2D eigenvalue weighted by Crippen LogP contribution is -2.22. The zero-order chi connectivity index (χ0) is 21.9. The number of hydrogen-bond acceptors (Lipinski definition) is 5. The van der Waals surface area contributed by atoms with E-state index in [1.54, 1.807) is 57.4 Å². The van der Waals surface area contributed by atoms with Gasteiger partial charge in [0.1, 0.15) is 0 Å². The minimum absolute atomic E-state index is 0.193. The van der Waals surface area contributed by atoms with E-state index in [-0.39, 0.29) is 6.10 Å². The van der Waals surface area contributed by atoms with E-state index in [4.69, 9.17) is 16.3 Å². The molecule has 30 heavy (non-hydrogen) atoms. The predicted molar refractivity (Wildman–Crippen MR) is 123 cm³/mol. The van der Waals surface area contributed by atoms with Crippen molar-refractivity contribution in [2.75, 3.05) is 5.32 Å². The van der Waals surface area contributed by atoms with Gasteiger partial charge in [-0.15, -0.1) is 11.3 Å². The molecule has 0 radical (unpaired) electrons. The lowest BCUT2D eigenvalue weighted by molar-refractivity contribution is 0.0799. The van der Waals surface area contributed by atoms with Crippen molar-refractivity contribution in [1.29, 1.82) is 0 Å². The summed E-state index contributed by atoms with van der Waals surface area (Å²) in [5.41, 5.74) is 3.61. The maximum atomic E-state index is 11.8. The molecule has 0 bridgehead atoms. The molecule has 0 aliphatic carbocycles. The molecule has 0 aliphatic rings. The molecule has 3 rings (SSSR count). The molecule has 5 nitrogen and oxygen atoms in total. The van der Waals surface area contributed by atoms with Crippen LogP contribution in [0.3, 0.4) is 0 Å². The minimum atomic E-state index is -0.809. The van der Waals surface area contributed by atoms with Crippen molar-refractivity contribution in [3.63, 3.8) is 0 Å². The molecular formula is C23H25ClN2O3S. The van der Waals surface area contributed by atoms with Crippen LogP contribution in [0.2, 0.25) is 5.02 Å². The van der Waals surface area contributed by atoms with E-state index in [2.05, 4.69) is 21.7 Å². The Kier molecular flexibility index (Phi) is 6.81. The summed E-state index contributed by atoms with van der Waals surface area (Å²) in [7, 11) is 0. The zero-order valence-electron chi connectivity index (χ0n) is 17.4. The summed E-state index contributed by atoms with van der Waals surface area (Å²) < 4.78 is 5.09. The maximum absolute atomic E-state index is 11.8. The van der Waals surface area contributed by atoms with Crippen LogP contribution in [0.25, 0.3) is 21.6 Å². The Bertz CT molecular complexity index is 1040. The molecule has 0 fully saturated rings. The van der Waals surface area contributed by atoms with E-state index in [1.165, 1.54) is 0 Å². The normalized spacial score (nSPS) is 11.6. The number of carbonyl (C=O) groups is 1. The van der Waals surface area contributed by atoms with Crippen LogP contribution in [0.15, 0.2) is 48.0 Å². The fraction of sp³-hybridized carbons (Fsp3) is 0.304. The van der Waals surface area contributed by atoms with Crippen LogP contribution in [0.4, 0.5) is 10.5 Å². The number of aliphatic hydroxyl groups is 1. The number of thiophene rings is 1. The molecule has 0 spiro atoms. The number of benzene rings is 1. The molecule has 7 heteroatoms. The molecule has 158 valence electrons. The third-order valence-electron chi connectivity index (χ3n) is 4.19. The fourth-order valence-corrected chi connectivity index (χ4v) is 4.28. The summed E-state index contributed by atoms with van der Waals surface area (Å²) in [5.74, 6) is 0. The summed E-state index contributed by atoms with van der Waals surface area (Å²) in [6.07, 6.45) is 1.54. The Hall–Kier alpha value is -2.41. The van der Waals surface area contributed by atoms with Gasteiger partial charge in [0.05, 0.1) is 16.7 Å². The molecule has 0 saturated heterocycles. The monoisotopic (exact) mass is 444 g/mol. The molecule has 2 aromatic heterocycles. The molecule has 0 unspecified atom stereocenters. The highest BCUT2D eigenvalue weighted by atomic mass is 35.5. The Morgan fingerprint density at radius 1 is 1.23 bits per heavy atom. The van der Waals surface area contributed by atoms with Crippen LogP contribution in [0.5, 0.6) is 0 Å². The van der Waals surface area contributed by atoms with E-state index in [0.29, 0.717) is 17.1 Å². The van der Waals surface area contributed by atoms with Crippen molar-refractivity contribution in [3.8, 4) is 21.6 Å². The van der Waals surface area contributed by atoms with Gasteiger partial charge in [0.15, 0.2) is 0 Å². The standard InChI is InChI=1S/C23H25ClN2O3S/c1-14(2)29-22(27)26-17-5-6-19(20(24)11-17)21-10-16(13-30-21)15-7-8-25-18(9-15)12-23(3,4)28/h5-11,13-14,28H,12H2,1-4H3,(H,26,27). The number of nitrogens with zero attached hydrogens (tertiary/aromatic N) is 1. The average Bonchev–Trinajstić information content (AvgIpc) is 3.09. The first kappa shape index (κ1) is 22.3. The number of amides is 1. The second kappa shape index (κ2) is 9.16. The Morgan fingerprint density at radius 2 is 2.00 bits per heavy atom. The van der Waals surface area contributed by atoms with Crippen LogP contribution in [-0.4, -0.2) is 27.9 Å². The lowest BCUT2D eigenvalue weighted by Gasteiger charge is -2.16. The zero-order valence-corrected chi connectivity index (χ0v) is 19.0. The number of pyridine rings is 1. The highest BCUT2D eigenvalue weighted by Crippen LogP contribution is 2.37. The number of ether oxygens (including phenoxy) is 1. The SMILES string of the molecule is CC(C)OC(=O)Nc1ccc(-c2cc(-c3ccnc(CC(C)(C)O)c3)cs2)c(Cl)c1. The number of anilines is 1. The van der Waals surface area contributed by atoms with Crippen LogP contribution in [-0.2, 0) is 11.2 Å². The molecule has 3 aromatic rings. The summed E-state index contributed by atoms with van der Waals surface area (Å²) in [6, 6.07) is 11.4. The molecule has 2 heterocycles. The number of nitrogens with one attached hydrogen (secondary N) is 1. The van der Waals surface area contributed by atoms with Crippen molar-refractivity contribution < 1.29 is 14.6 Å². The van der Waals surface area contributed by atoms with Crippen molar-refractivity contribution >= 4 is 34.7 Å². The highest BCUT2D eigenvalue weighted by molar-refractivity contribution is 7.14. The van der Waals surface area contributed by atoms with Gasteiger partial charge in [0, 0.05) is 34.4 Å². The van der Waals surface area contributed by atoms with Gasteiger partial charge in [-0.05, 0) is 80.6 Å². The number of rotatable bonds is 6. The first-order valence-electron chi connectivity index (χ1n) is 9.64. The fourth-order valence-electron chi connectivity index (χ4n) is 2.98. The molecule has 0 saturated carbocycles. The van der Waals surface area contributed by atoms with Gasteiger partial charge in [-0.25, -0.2) is 4.79 Å². The average molecular weight is 445 g/mol. The number of hydrogen-bond donors (Lipinski definition) is 2. The third kappa shape index (κ3) is 6.05. The van der Waals surface area contributed by atoms with Crippen LogP contribution in [0.1, 0.15) is 33.4 Å². The van der Waals surface area contributed by atoms with Gasteiger partial charge < -0.3 is 9.84 Å². The Labute approximate surface area is 185 Å². The first-order valence-corrected chi connectivity index (χ1v) is 10.9. The number of halogens is 1. The molecule has 1 amide bonds. The minimum Gasteiger partial charge on any atom is -0.447 e. The number of carbonyl (C=O) groups excluding carboxylic acids is 1. The highest BCUT2D eigenvalue weighted by Gasteiger charge is 2.16. The largest absolute Gasteiger partial charge is 0.447 e. The predicted octanol–water partition coefficient (Wildman–Crippen LogP) is 6.40. The summed E-state index contributed by atoms with van der Waals surface area (Å²) in [6.45, 7) is 7.13. The maximum Gasteiger partial charge on any atom is 0.411 e. The van der Waals surface area contributed by atoms with Crippen molar-refractivity contribution in [2.45, 2.75) is 45.8 Å². The van der Waals surface area contributed by atoms with Gasteiger partial charge >= 0.3 is 6.09 Å². The second-order valence-corrected chi connectivity index (χ2v) is 9.32. The molecule has 0 aliphatic heterocycles. The molecule has 1 aromatic carbocycles.